The average molecular weight is 478 g/mol. The van der Waals surface area contributed by atoms with Crippen molar-refractivity contribution in [3.63, 3.8) is 0 Å². The summed E-state index contributed by atoms with van der Waals surface area (Å²) in [6, 6.07) is 9.45. The van der Waals surface area contributed by atoms with Crippen LogP contribution in [0.4, 0.5) is 9.18 Å². The minimum absolute atomic E-state index is 0.168. The standard InChI is InChI=1S/C25H28FN7O2/c1-25(2,3)35-24(34)31-9-6-17(7-10-31)19-13-21(26)22(27-14-19)15-32-11-8-18-12-20(4-5-23(18)32)33-16-28-29-30-33/h4-5,8,11-14,16-17H,6-7,9-10,15H2,1-3H3. The third kappa shape index (κ3) is 5.01. The van der Waals surface area contributed by atoms with Crippen molar-refractivity contribution in [2.75, 3.05) is 13.1 Å². The lowest BCUT2D eigenvalue weighted by Crippen LogP contribution is -2.41. The number of hydrogen-bond acceptors (Lipinski definition) is 6. The third-order valence-corrected chi connectivity index (χ3v) is 6.24. The largest absolute Gasteiger partial charge is 0.444 e. The van der Waals surface area contributed by atoms with Crippen LogP contribution in [0.1, 0.15) is 50.8 Å². The van der Waals surface area contributed by atoms with E-state index in [1.807, 2.05) is 55.8 Å². The number of halogens is 1. The Morgan fingerprint density at radius 3 is 2.66 bits per heavy atom. The molecule has 0 N–H and O–H groups in total. The van der Waals surface area contributed by atoms with E-state index >= 15 is 4.39 Å². The van der Waals surface area contributed by atoms with Crippen LogP contribution in [-0.4, -0.2) is 59.4 Å². The molecule has 1 aliphatic rings. The quantitative estimate of drug-likeness (QED) is 0.435. The van der Waals surface area contributed by atoms with Crippen LogP contribution in [0.2, 0.25) is 0 Å². The van der Waals surface area contributed by atoms with Gasteiger partial charge in [-0.05, 0) is 85.9 Å². The summed E-state index contributed by atoms with van der Waals surface area (Å²) >= 11 is 0. The highest BCUT2D eigenvalue weighted by molar-refractivity contribution is 5.82. The summed E-state index contributed by atoms with van der Waals surface area (Å²) < 4.78 is 24.1. The summed E-state index contributed by atoms with van der Waals surface area (Å²) in [7, 11) is 0. The summed E-state index contributed by atoms with van der Waals surface area (Å²) in [6.07, 6.45) is 6.46. The van der Waals surface area contributed by atoms with E-state index in [-0.39, 0.29) is 17.8 Å². The number of ether oxygens (including phenoxy) is 1. The van der Waals surface area contributed by atoms with Gasteiger partial charge in [-0.3, -0.25) is 4.98 Å². The number of tetrazole rings is 1. The molecular formula is C25H28FN7O2. The molecule has 9 nitrogen and oxygen atoms in total. The number of pyridine rings is 1. The van der Waals surface area contributed by atoms with Crippen molar-refractivity contribution in [1.82, 2.24) is 34.7 Å². The van der Waals surface area contributed by atoms with Gasteiger partial charge in [-0.15, -0.1) is 5.10 Å². The van der Waals surface area contributed by atoms with Gasteiger partial charge in [0.15, 0.2) is 0 Å². The summed E-state index contributed by atoms with van der Waals surface area (Å²) in [4.78, 5) is 18.5. The molecule has 5 rings (SSSR count). The van der Waals surface area contributed by atoms with Crippen LogP contribution in [0.5, 0.6) is 0 Å². The van der Waals surface area contributed by atoms with E-state index in [0.717, 1.165) is 35.0 Å². The number of nitrogens with zero attached hydrogens (tertiary/aromatic N) is 7. The maximum absolute atomic E-state index is 15.1. The van der Waals surface area contributed by atoms with E-state index in [1.54, 1.807) is 28.2 Å². The lowest BCUT2D eigenvalue weighted by molar-refractivity contribution is 0.0204. The predicted molar refractivity (Wildman–Crippen MR) is 128 cm³/mol. The summed E-state index contributed by atoms with van der Waals surface area (Å²) in [5, 5.41) is 12.3. The number of likely N-dealkylation sites (tertiary alicyclic amines) is 1. The van der Waals surface area contributed by atoms with Gasteiger partial charge in [-0.1, -0.05) is 0 Å². The number of hydrogen-bond donors (Lipinski definition) is 0. The van der Waals surface area contributed by atoms with Gasteiger partial charge in [-0.25, -0.2) is 13.9 Å². The summed E-state index contributed by atoms with van der Waals surface area (Å²) in [6.45, 7) is 7.08. The highest BCUT2D eigenvalue weighted by atomic mass is 19.1. The average Bonchev–Trinajstić information content (AvgIpc) is 3.50. The number of rotatable bonds is 4. The molecule has 4 aromatic rings. The highest BCUT2D eigenvalue weighted by Gasteiger charge is 2.28. The molecule has 0 bridgehead atoms. The second kappa shape index (κ2) is 9.09. The molecule has 0 aliphatic carbocycles. The van der Waals surface area contributed by atoms with Crippen molar-refractivity contribution in [2.45, 2.75) is 51.7 Å². The van der Waals surface area contributed by atoms with E-state index in [2.05, 4.69) is 20.5 Å². The Hall–Kier alpha value is -3.82. The minimum Gasteiger partial charge on any atom is -0.444 e. The van der Waals surface area contributed by atoms with Crippen LogP contribution < -0.4 is 0 Å². The first-order chi connectivity index (χ1) is 16.8. The zero-order chi connectivity index (χ0) is 24.6. The number of carbonyl (C=O) groups is 1. The molecule has 4 heterocycles. The van der Waals surface area contributed by atoms with Gasteiger partial charge in [0.25, 0.3) is 0 Å². The van der Waals surface area contributed by atoms with Gasteiger partial charge in [0.2, 0.25) is 0 Å². The number of aromatic nitrogens is 6. The lowest BCUT2D eigenvalue weighted by atomic mass is 9.90. The van der Waals surface area contributed by atoms with Crippen molar-refractivity contribution >= 4 is 17.0 Å². The van der Waals surface area contributed by atoms with Gasteiger partial charge in [-0.2, -0.15) is 0 Å². The monoisotopic (exact) mass is 477 g/mol. The van der Waals surface area contributed by atoms with Crippen LogP contribution in [-0.2, 0) is 11.3 Å². The topological polar surface area (TPSA) is 91.0 Å². The van der Waals surface area contributed by atoms with Gasteiger partial charge < -0.3 is 14.2 Å². The maximum atomic E-state index is 15.1. The molecule has 1 saturated heterocycles. The van der Waals surface area contributed by atoms with Crippen LogP contribution >= 0.6 is 0 Å². The van der Waals surface area contributed by atoms with Crippen molar-refractivity contribution in [3.05, 3.63) is 66.1 Å². The Bertz CT molecular complexity index is 1340. The van der Waals surface area contributed by atoms with E-state index in [4.69, 9.17) is 4.74 Å². The Morgan fingerprint density at radius 2 is 1.97 bits per heavy atom. The molecule has 182 valence electrons. The highest BCUT2D eigenvalue weighted by Crippen LogP contribution is 2.29. The SMILES string of the molecule is CC(C)(C)OC(=O)N1CCC(c2cnc(Cn3ccc4cc(-n5cnnn5)ccc43)c(F)c2)CC1. The van der Waals surface area contributed by atoms with Crippen LogP contribution in [0.15, 0.2) is 49.1 Å². The fourth-order valence-corrected chi connectivity index (χ4v) is 4.45. The molecule has 0 unspecified atom stereocenters. The Kier molecular flexibility index (Phi) is 5.96. The number of fused-ring (bicyclic) bond motifs is 1. The Labute approximate surface area is 202 Å². The number of piperidine rings is 1. The van der Waals surface area contributed by atoms with E-state index in [1.165, 1.54) is 0 Å². The molecule has 1 aromatic carbocycles. The zero-order valence-electron chi connectivity index (χ0n) is 20.1. The van der Waals surface area contributed by atoms with Gasteiger partial charge in [0.1, 0.15) is 17.7 Å². The molecule has 3 aromatic heterocycles. The minimum atomic E-state index is -0.515. The molecule has 0 saturated carbocycles. The number of carbonyl (C=O) groups excluding carboxylic acids is 1. The fraction of sp³-hybridized carbons (Fsp3) is 0.400. The smallest absolute Gasteiger partial charge is 0.410 e. The molecule has 0 radical (unpaired) electrons. The first-order valence-electron chi connectivity index (χ1n) is 11.7. The molecule has 1 amide bonds. The van der Waals surface area contributed by atoms with Crippen LogP contribution in [0.3, 0.4) is 0 Å². The Morgan fingerprint density at radius 1 is 1.17 bits per heavy atom. The number of amides is 1. The summed E-state index contributed by atoms with van der Waals surface area (Å²) in [5.41, 5.74) is 2.58. The Balaban J connectivity index is 1.25. The van der Waals surface area contributed by atoms with E-state index < -0.39 is 5.60 Å². The molecule has 10 heteroatoms. The van der Waals surface area contributed by atoms with Gasteiger partial charge >= 0.3 is 6.09 Å². The molecular weight excluding hydrogens is 449 g/mol. The first-order valence-corrected chi connectivity index (χ1v) is 11.7. The predicted octanol–water partition coefficient (Wildman–Crippen LogP) is 4.31. The second-order valence-corrected chi connectivity index (χ2v) is 9.88. The van der Waals surface area contributed by atoms with Gasteiger partial charge in [0, 0.05) is 36.4 Å². The second-order valence-electron chi connectivity index (χ2n) is 9.88. The van der Waals surface area contributed by atoms with Crippen molar-refractivity contribution in [1.29, 1.82) is 0 Å². The van der Waals surface area contributed by atoms with Crippen LogP contribution in [0.25, 0.3) is 16.6 Å². The number of benzene rings is 1. The zero-order valence-corrected chi connectivity index (χ0v) is 20.1. The maximum Gasteiger partial charge on any atom is 0.410 e. The van der Waals surface area contributed by atoms with E-state index in [9.17, 15) is 4.79 Å². The van der Waals surface area contributed by atoms with Crippen molar-refractivity contribution in [2.24, 2.45) is 0 Å². The fourth-order valence-electron chi connectivity index (χ4n) is 4.45. The molecule has 35 heavy (non-hydrogen) atoms. The van der Waals surface area contributed by atoms with Crippen molar-refractivity contribution in [3.8, 4) is 5.69 Å². The molecule has 1 aliphatic heterocycles. The van der Waals surface area contributed by atoms with Crippen LogP contribution in [0, 0.1) is 5.82 Å². The lowest BCUT2D eigenvalue weighted by Gasteiger charge is -2.33. The normalized spacial score (nSPS) is 15.0. The third-order valence-electron chi connectivity index (χ3n) is 6.24. The summed E-state index contributed by atoms with van der Waals surface area (Å²) in [5.74, 6) is -0.147. The molecule has 0 spiro atoms. The van der Waals surface area contributed by atoms with E-state index in [0.29, 0.717) is 25.3 Å². The first kappa shape index (κ1) is 22.9. The van der Waals surface area contributed by atoms with Gasteiger partial charge in [0.05, 0.1) is 17.9 Å². The molecule has 0 atom stereocenters. The van der Waals surface area contributed by atoms with Crippen molar-refractivity contribution < 1.29 is 13.9 Å². The molecule has 1 fully saturated rings.